The fourth-order valence-corrected chi connectivity index (χ4v) is 6.16. The van der Waals surface area contributed by atoms with Crippen molar-refractivity contribution in [1.82, 2.24) is 10.2 Å². The van der Waals surface area contributed by atoms with Crippen LogP contribution in [0.5, 0.6) is 0 Å². The Balaban J connectivity index is 1.77. The highest BCUT2D eigenvalue weighted by Gasteiger charge is 2.34. The molecule has 0 aliphatic rings. The Bertz CT molecular complexity index is 1640. The number of rotatable bonds is 13. The third-order valence-corrected chi connectivity index (χ3v) is 8.99. The number of para-hydroxylation sites is 1. The SMILES string of the molecule is CC(C)CNC(=O)[C@H](Cc1ccccc1)N(Cc1ccc(Cl)cc1)C(=O)CN(c1ccccc1)S(=O)(=O)c1ccc(F)cc1. The van der Waals surface area contributed by atoms with E-state index in [1.54, 1.807) is 54.6 Å². The fraction of sp³-hybridized carbons (Fsp3) is 0.235. The van der Waals surface area contributed by atoms with Crippen molar-refractivity contribution in [2.24, 2.45) is 5.92 Å². The molecule has 0 aromatic heterocycles. The minimum Gasteiger partial charge on any atom is -0.354 e. The number of halogens is 2. The summed E-state index contributed by atoms with van der Waals surface area (Å²) in [5, 5.41) is 3.47. The van der Waals surface area contributed by atoms with Crippen LogP contribution >= 0.6 is 11.6 Å². The van der Waals surface area contributed by atoms with Crippen LogP contribution in [0.15, 0.2) is 114 Å². The summed E-state index contributed by atoms with van der Waals surface area (Å²) in [7, 11) is -4.30. The highest BCUT2D eigenvalue weighted by Crippen LogP contribution is 2.25. The normalized spacial score (nSPS) is 12.0. The maximum absolute atomic E-state index is 14.4. The van der Waals surface area contributed by atoms with Crippen molar-refractivity contribution >= 4 is 39.1 Å². The van der Waals surface area contributed by atoms with E-state index in [2.05, 4.69) is 5.32 Å². The molecule has 0 fully saturated rings. The van der Waals surface area contributed by atoms with Gasteiger partial charge in [-0.1, -0.05) is 86.1 Å². The molecular weight excluding hydrogens is 601 g/mol. The van der Waals surface area contributed by atoms with Gasteiger partial charge in [0.1, 0.15) is 18.4 Å². The number of carbonyl (C=O) groups excluding carboxylic acids is 2. The fourth-order valence-electron chi connectivity index (χ4n) is 4.62. The first-order chi connectivity index (χ1) is 21.0. The average molecular weight is 636 g/mol. The van der Waals surface area contributed by atoms with Crippen LogP contribution in [0.3, 0.4) is 0 Å². The number of nitrogens with one attached hydrogen (secondary N) is 1. The van der Waals surface area contributed by atoms with Gasteiger partial charge < -0.3 is 10.2 Å². The van der Waals surface area contributed by atoms with Gasteiger partial charge in [-0.2, -0.15) is 0 Å². The van der Waals surface area contributed by atoms with Gasteiger partial charge in [0, 0.05) is 24.5 Å². The van der Waals surface area contributed by atoms with Gasteiger partial charge in [-0.25, -0.2) is 12.8 Å². The predicted octanol–water partition coefficient (Wildman–Crippen LogP) is 6.09. The predicted molar refractivity (Wildman–Crippen MR) is 171 cm³/mol. The van der Waals surface area contributed by atoms with Gasteiger partial charge in [-0.3, -0.25) is 13.9 Å². The second-order valence-electron chi connectivity index (χ2n) is 10.8. The zero-order valence-electron chi connectivity index (χ0n) is 24.6. The number of hydrogen-bond donors (Lipinski definition) is 1. The van der Waals surface area contributed by atoms with E-state index in [1.807, 2.05) is 44.2 Å². The molecule has 4 aromatic carbocycles. The molecule has 0 radical (unpaired) electrons. The molecular formula is C34H35ClFN3O4S. The van der Waals surface area contributed by atoms with Crippen molar-refractivity contribution in [3.8, 4) is 0 Å². The van der Waals surface area contributed by atoms with Crippen molar-refractivity contribution in [1.29, 1.82) is 0 Å². The molecule has 1 N–H and O–H groups in total. The summed E-state index contributed by atoms with van der Waals surface area (Å²) in [6.07, 6.45) is 0.208. The van der Waals surface area contributed by atoms with Crippen LogP contribution in [-0.4, -0.2) is 44.3 Å². The molecule has 4 aromatic rings. The van der Waals surface area contributed by atoms with Crippen LogP contribution in [0.4, 0.5) is 10.1 Å². The van der Waals surface area contributed by atoms with Gasteiger partial charge in [0.15, 0.2) is 0 Å². The summed E-state index contributed by atoms with van der Waals surface area (Å²) in [5.41, 5.74) is 1.80. The topological polar surface area (TPSA) is 86.8 Å². The Labute approximate surface area is 263 Å². The maximum atomic E-state index is 14.4. The molecule has 0 unspecified atom stereocenters. The minimum atomic E-state index is -4.30. The van der Waals surface area contributed by atoms with E-state index in [1.165, 1.54) is 4.90 Å². The first-order valence-electron chi connectivity index (χ1n) is 14.2. The molecule has 0 bridgehead atoms. The Hall–Kier alpha value is -4.21. The Morgan fingerprint density at radius 3 is 2.00 bits per heavy atom. The van der Waals surface area contributed by atoms with Crippen molar-refractivity contribution < 1.29 is 22.4 Å². The number of hydrogen-bond acceptors (Lipinski definition) is 4. The van der Waals surface area contributed by atoms with Crippen LogP contribution < -0.4 is 9.62 Å². The number of nitrogens with zero attached hydrogens (tertiary/aromatic N) is 2. The molecule has 4 rings (SSSR count). The second kappa shape index (κ2) is 15.0. The lowest BCUT2D eigenvalue weighted by atomic mass is 10.0. The molecule has 0 spiro atoms. The van der Waals surface area contributed by atoms with E-state index in [9.17, 15) is 22.4 Å². The molecule has 44 heavy (non-hydrogen) atoms. The van der Waals surface area contributed by atoms with E-state index in [-0.39, 0.29) is 35.4 Å². The molecule has 1 atom stereocenters. The Morgan fingerprint density at radius 1 is 0.818 bits per heavy atom. The molecule has 7 nitrogen and oxygen atoms in total. The first kappa shape index (κ1) is 32.7. The van der Waals surface area contributed by atoms with Gasteiger partial charge in [-0.05, 0) is 65.6 Å². The Kier molecular flexibility index (Phi) is 11.1. The lowest BCUT2D eigenvalue weighted by Gasteiger charge is -2.34. The van der Waals surface area contributed by atoms with Crippen molar-refractivity contribution in [2.45, 2.75) is 37.8 Å². The molecule has 0 heterocycles. The summed E-state index contributed by atoms with van der Waals surface area (Å²) < 4.78 is 42.5. The van der Waals surface area contributed by atoms with Crippen molar-refractivity contribution in [2.75, 3.05) is 17.4 Å². The molecule has 0 saturated carbocycles. The summed E-state index contributed by atoms with van der Waals surface area (Å²) in [4.78, 5) is 29.4. The zero-order chi connectivity index (χ0) is 31.7. The van der Waals surface area contributed by atoms with Crippen molar-refractivity contribution in [3.05, 3.63) is 131 Å². The highest BCUT2D eigenvalue weighted by atomic mass is 35.5. The summed E-state index contributed by atoms with van der Waals surface area (Å²) in [6, 6.07) is 27.9. The van der Waals surface area contributed by atoms with Crippen LogP contribution in [0, 0.1) is 11.7 Å². The minimum absolute atomic E-state index is 0.0296. The largest absolute Gasteiger partial charge is 0.354 e. The average Bonchev–Trinajstić information content (AvgIpc) is 3.02. The standard InChI is InChI=1S/C34H35ClFN3O4S/c1-25(2)22-37-34(41)32(21-26-9-5-3-6-10-26)38(23-27-13-15-28(35)16-14-27)33(40)24-39(30-11-7-4-8-12-30)44(42,43)31-19-17-29(36)18-20-31/h3-20,25,32H,21-24H2,1-2H3,(H,37,41)/t32-/m0/s1. The van der Waals surface area contributed by atoms with E-state index in [0.29, 0.717) is 17.1 Å². The molecule has 10 heteroatoms. The third kappa shape index (κ3) is 8.67. The van der Waals surface area contributed by atoms with E-state index in [4.69, 9.17) is 11.6 Å². The second-order valence-corrected chi connectivity index (χ2v) is 13.1. The molecule has 2 amide bonds. The first-order valence-corrected chi connectivity index (χ1v) is 16.1. The third-order valence-electron chi connectivity index (χ3n) is 6.95. The van der Waals surface area contributed by atoms with Gasteiger partial charge in [0.05, 0.1) is 10.6 Å². The Morgan fingerprint density at radius 2 is 1.41 bits per heavy atom. The number of benzene rings is 4. The van der Waals surface area contributed by atoms with Crippen LogP contribution in [0.25, 0.3) is 0 Å². The number of carbonyl (C=O) groups is 2. The lowest BCUT2D eigenvalue weighted by Crippen LogP contribution is -2.53. The van der Waals surface area contributed by atoms with Crippen LogP contribution in [0.1, 0.15) is 25.0 Å². The van der Waals surface area contributed by atoms with Gasteiger partial charge >= 0.3 is 0 Å². The molecule has 230 valence electrons. The smallest absolute Gasteiger partial charge is 0.264 e. The monoisotopic (exact) mass is 635 g/mol. The van der Waals surface area contributed by atoms with E-state index in [0.717, 1.165) is 34.1 Å². The van der Waals surface area contributed by atoms with Gasteiger partial charge in [0.25, 0.3) is 10.0 Å². The number of amides is 2. The number of anilines is 1. The van der Waals surface area contributed by atoms with Crippen molar-refractivity contribution in [3.63, 3.8) is 0 Å². The summed E-state index contributed by atoms with van der Waals surface area (Å²) in [5.74, 6) is -1.35. The van der Waals surface area contributed by atoms with Crippen LogP contribution in [-0.2, 0) is 32.6 Å². The zero-order valence-corrected chi connectivity index (χ0v) is 26.1. The van der Waals surface area contributed by atoms with Gasteiger partial charge in [0.2, 0.25) is 11.8 Å². The summed E-state index contributed by atoms with van der Waals surface area (Å²) >= 11 is 6.12. The molecule has 0 aliphatic heterocycles. The van der Waals surface area contributed by atoms with Crippen LogP contribution in [0.2, 0.25) is 5.02 Å². The highest BCUT2D eigenvalue weighted by molar-refractivity contribution is 7.92. The summed E-state index contributed by atoms with van der Waals surface area (Å²) in [6.45, 7) is 3.78. The van der Waals surface area contributed by atoms with Gasteiger partial charge in [-0.15, -0.1) is 0 Å². The molecule has 0 saturated heterocycles. The number of sulfonamides is 1. The van der Waals surface area contributed by atoms with E-state index >= 15 is 0 Å². The molecule has 0 aliphatic carbocycles. The van der Waals surface area contributed by atoms with E-state index < -0.39 is 34.3 Å². The maximum Gasteiger partial charge on any atom is 0.264 e. The lowest BCUT2D eigenvalue weighted by molar-refractivity contribution is -0.140. The quantitative estimate of drug-likeness (QED) is 0.193.